The second-order valence-corrected chi connectivity index (χ2v) is 7.41. The normalized spacial score (nSPS) is 12.2. The van der Waals surface area contributed by atoms with Crippen LogP contribution in [0.5, 0.6) is 0 Å². The van der Waals surface area contributed by atoms with E-state index in [1.54, 1.807) is 24.3 Å². The topological polar surface area (TPSA) is 58.5 Å². The maximum absolute atomic E-state index is 12.2. The van der Waals surface area contributed by atoms with Crippen molar-refractivity contribution in [2.45, 2.75) is 25.2 Å². The predicted molar refractivity (Wildman–Crippen MR) is 92.5 cm³/mol. The minimum absolute atomic E-state index is 0.201. The third-order valence-corrected chi connectivity index (χ3v) is 4.84. The first kappa shape index (κ1) is 16.7. The van der Waals surface area contributed by atoms with Crippen molar-refractivity contribution in [2.75, 3.05) is 0 Å². The van der Waals surface area contributed by atoms with E-state index < -0.39 is 10.0 Å². The molecule has 0 saturated carbocycles. The highest BCUT2D eigenvalue weighted by atomic mass is 79.9. The number of sulfonamides is 1. The SMILES string of the molecule is CCC(=NNS(=O)(=O)c1ccc(C)cc1)c1cccc(Br)c1. The number of hydrogen-bond donors (Lipinski definition) is 1. The Hall–Kier alpha value is -1.66. The molecule has 0 amide bonds. The van der Waals surface area contributed by atoms with Gasteiger partial charge in [-0.2, -0.15) is 18.4 Å². The molecular formula is C16H17BrN2O2S. The molecule has 0 aliphatic rings. The summed E-state index contributed by atoms with van der Waals surface area (Å²) in [5.41, 5.74) is 2.56. The fourth-order valence-electron chi connectivity index (χ4n) is 1.90. The van der Waals surface area contributed by atoms with Crippen LogP contribution < -0.4 is 4.83 Å². The first-order valence-corrected chi connectivity index (χ1v) is 9.11. The standard InChI is InChI=1S/C16H17BrN2O2S/c1-3-16(13-5-4-6-14(17)11-13)18-19-22(20,21)15-9-7-12(2)8-10-15/h4-11,19H,3H2,1-2H3. The predicted octanol–water partition coefficient (Wildman–Crippen LogP) is 3.85. The van der Waals surface area contributed by atoms with Crippen LogP contribution in [0, 0.1) is 6.92 Å². The smallest absolute Gasteiger partial charge is 0.200 e. The number of hydrogen-bond acceptors (Lipinski definition) is 3. The Labute approximate surface area is 139 Å². The van der Waals surface area contributed by atoms with Gasteiger partial charge in [0, 0.05) is 4.47 Å². The Morgan fingerprint density at radius 3 is 2.45 bits per heavy atom. The lowest BCUT2D eigenvalue weighted by Gasteiger charge is -2.07. The van der Waals surface area contributed by atoms with E-state index in [1.807, 2.05) is 38.1 Å². The number of hydrazone groups is 1. The van der Waals surface area contributed by atoms with Gasteiger partial charge in [-0.15, -0.1) is 0 Å². The lowest BCUT2D eigenvalue weighted by Crippen LogP contribution is -2.20. The summed E-state index contributed by atoms with van der Waals surface area (Å²) in [6, 6.07) is 14.2. The summed E-state index contributed by atoms with van der Waals surface area (Å²) < 4.78 is 25.4. The molecule has 2 aromatic rings. The second-order valence-electron chi connectivity index (χ2n) is 4.83. The number of nitrogens with one attached hydrogen (secondary N) is 1. The quantitative estimate of drug-likeness (QED) is 0.632. The summed E-state index contributed by atoms with van der Waals surface area (Å²) in [5, 5.41) is 4.08. The van der Waals surface area contributed by atoms with Crippen LogP contribution in [0.2, 0.25) is 0 Å². The van der Waals surface area contributed by atoms with Gasteiger partial charge >= 0.3 is 0 Å². The van der Waals surface area contributed by atoms with Gasteiger partial charge in [-0.05, 0) is 43.2 Å². The number of halogens is 1. The zero-order valence-electron chi connectivity index (χ0n) is 12.4. The van der Waals surface area contributed by atoms with Crippen molar-refractivity contribution in [1.82, 2.24) is 4.83 Å². The van der Waals surface area contributed by atoms with Gasteiger partial charge in [0.1, 0.15) is 0 Å². The minimum atomic E-state index is -3.65. The maximum Gasteiger partial charge on any atom is 0.276 e. The van der Waals surface area contributed by atoms with Gasteiger partial charge in [0.15, 0.2) is 0 Å². The fraction of sp³-hybridized carbons (Fsp3) is 0.188. The summed E-state index contributed by atoms with van der Waals surface area (Å²) in [6.07, 6.45) is 0.618. The third-order valence-electron chi connectivity index (χ3n) is 3.12. The molecule has 0 radical (unpaired) electrons. The zero-order chi connectivity index (χ0) is 16.2. The molecule has 0 aromatic heterocycles. The van der Waals surface area contributed by atoms with Crippen LogP contribution in [0.1, 0.15) is 24.5 Å². The number of aryl methyl sites for hydroxylation is 1. The molecule has 0 atom stereocenters. The highest BCUT2D eigenvalue weighted by Gasteiger charge is 2.13. The molecule has 0 spiro atoms. The van der Waals surface area contributed by atoms with Gasteiger partial charge in [-0.25, -0.2) is 0 Å². The molecular weight excluding hydrogens is 364 g/mol. The molecule has 4 nitrogen and oxygen atoms in total. The summed E-state index contributed by atoms with van der Waals surface area (Å²) in [6.45, 7) is 3.84. The molecule has 0 fully saturated rings. The van der Waals surface area contributed by atoms with Crippen molar-refractivity contribution in [1.29, 1.82) is 0 Å². The van der Waals surface area contributed by atoms with E-state index in [-0.39, 0.29) is 4.90 Å². The largest absolute Gasteiger partial charge is 0.276 e. The Kier molecular flexibility index (Phi) is 5.37. The van der Waals surface area contributed by atoms with Crippen molar-refractivity contribution in [3.63, 3.8) is 0 Å². The van der Waals surface area contributed by atoms with Gasteiger partial charge in [0.05, 0.1) is 10.6 Å². The van der Waals surface area contributed by atoms with Gasteiger partial charge in [-0.1, -0.05) is 52.7 Å². The molecule has 2 rings (SSSR count). The van der Waals surface area contributed by atoms with Crippen molar-refractivity contribution >= 4 is 31.7 Å². The van der Waals surface area contributed by atoms with Crippen molar-refractivity contribution in [3.05, 3.63) is 64.1 Å². The monoisotopic (exact) mass is 380 g/mol. The van der Waals surface area contributed by atoms with Crippen LogP contribution in [0.25, 0.3) is 0 Å². The first-order chi connectivity index (χ1) is 10.4. The van der Waals surface area contributed by atoms with Crippen molar-refractivity contribution < 1.29 is 8.42 Å². The zero-order valence-corrected chi connectivity index (χ0v) is 14.8. The van der Waals surface area contributed by atoms with Crippen LogP contribution in [-0.2, 0) is 10.0 Å². The summed E-state index contributed by atoms with van der Waals surface area (Å²) in [5.74, 6) is 0. The average Bonchev–Trinajstić information content (AvgIpc) is 2.48. The molecule has 116 valence electrons. The molecule has 22 heavy (non-hydrogen) atoms. The van der Waals surface area contributed by atoms with Gasteiger partial charge < -0.3 is 0 Å². The van der Waals surface area contributed by atoms with Crippen LogP contribution in [0.15, 0.2) is 63.0 Å². The van der Waals surface area contributed by atoms with E-state index in [0.29, 0.717) is 12.1 Å². The highest BCUT2D eigenvalue weighted by molar-refractivity contribution is 9.10. The molecule has 0 saturated heterocycles. The molecule has 0 unspecified atom stereocenters. The van der Waals surface area contributed by atoms with E-state index in [2.05, 4.69) is 25.9 Å². The second kappa shape index (κ2) is 7.07. The van der Waals surface area contributed by atoms with Crippen LogP contribution >= 0.6 is 15.9 Å². The van der Waals surface area contributed by atoms with E-state index in [4.69, 9.17) is 0 Å². The molecule has 0 aliphatic carbocycles. The van der Waals surface area contributed by atoms with Crippen LogP contribution in [0.4, 0.5) is 0 Å². The third kappa shape index (κ3) is 4.18. The summed E-state index contributed by atoms with van der Waals surface area (Å²) in [7, 11) is -3.65. The lowest BCUT2D eigenvalue weighted by molar-refractivity contribution is 0.584. The van der Waals surface area contributed by atoms with E-state index in [9.17, 15) is 8.42 Å². The van der Waals surface area contributed by atoms with Crippen LogP contribution in [-0.4, -0.2) is 14.1 Å². The highest BCUT2D eigenvalue weighted by Crippen LogP contribution is 2.14. The molecule has 0 heterocycles. The van der Waals surface area contributed by atoms with Crippen molar-refractivity contribution in [2.24, 2.45) is 5.10 Å². The lowest BCUT2D eigenvalue weighted by atomic mass is 10.1. The van der Waals surface area contributed by atoms with Gasteiger partial charge in [0.25, 0.3) is 10.0 Å². The Morgan fingerprint density at radius 2 is 1.86 bits per heavy atom. The van der Waals surface area contributed by atoms with Crippen LogP contribution in [0.3, 0.4) is 0 Å². The maximum atomic E-state index is 12.2. The Morgan fingerprint density at radius 1 is 1.18 bits per heavy atom. The molecule has 2 aromatic carbocycles. The van der Waals surface area contributed by atoms with Gasteiger partial charge in [0.2, 0.25) is 0 Å². The fourth-order valence-corrected chi connectivity index (χ4v) is 3.13. The van der Waals surface area contributed by atoms with Crippen molar-refractivity contribution in [3.8, 4) is 0 Å². The number of benzene rings is 2. The van der Waals surface area contributed by atoms with E-state index >= 15 is 0 Å². The summed E-state index contributed by atoms with van der Waals surface area (Å²) >= 11 is 3.40. The summed E-state index contributed by atoms with van der Waals surface area (Å²) in [4.78, 5) is 2.51. The molecule has 0 bridgehead atoms. The molecule has 6 heteroatoms. The minimum Gasteiger partial charge on any atom is -0.200 e. The number of rotatable bonds is 5. The Bertz CT molecular complexity index is 784. The molecule has 1 N–H and O–H groups in total. The molecule has 0 aliphatic heterocycles. The average molecular weight is 381 g/mol. The van der Waals surface area contributed by atoms with E-state index in [0.717, 1.165) is 15.6 Å². The van der Waals surface area contributed by atoms with Gasteiger partial charge in [-0.3, -0.25) is 0 Å². The Balaban J connectivity index is 2.26. The number of nitrogens with zero attached hydrogens (tertiary/aromatic N) is 1. The first-order valence-electron chi connectivity index (χ1n) is 6.83. The van der Waals surface area contributed by atoms with E-state index in [1.165, 1.54) is 0 Å².